The highest BCUT2D eigenvalue weighted by molar-refractivity contribution is 7.81. The molecule has 13 heavy (non-hydrogen) atoms. The number of hydrogen-bond acceptors (Lipinski definition) is 12. The van der Waals surface area contributed by atoms with Gasteiger partial charge in [0, 0.05) is 0 Å². The zero-order valence-electron chi connectivity index (χ0n) is 5.39. The molecule has 0 unspecified atom stereocenters. The van der Waals surface area contributed by atoms with Crippen LogP contribution in [-0.2, 0) is 49.3 Å². The van der Waals surface area contributed by atoms with Gasteiger partial charge in [-0.2, -0.15) is 8.42 Å². The minimum atomic E-state index is -4.80. The Kier molecular flexibility index (Phi) is 6.76. The molecule has 0 aromatic heterocycles. The minimum absolute atomic E-state index is 2.76. The molecule has 13 heteroatoms. The molecule has 0 radical (unpaired) electrons. The Balaban J connectivity index is 3.55. The first-order chi connectivity index (χ1) is 6.12. The summed E-state index contributed by atoms with van der Waals surface area (Å²) >= 11 is 0. The zero-order chi connectivity index (χ0) is 10.2. The highest BCUT2D eigenvalue weighted by atomic mass is 32.3. The first-order valence-electron chi connectivity index (χ1n) is 2.03. The van der Waals surface area contributed by atoms with E-state index in [1.165, 1.54) is 0 Å². The molecule has 0 aliphatic rings. The maximum Gasteiger partial charge on any atom is 0.457 e. The van der Waals surface area contributed by atoms with Gasteiger partial charge in [-0.05, 0) is 38.9 Å². The summed E-state index contributed by atoms with van der Waals surface area (Å²) in [5.41, 5.74) is 0. The summed E-state index contributed by atoms with van der Waals surface area (Å²) in [6.45, 7) is 0. The van der Waals surface area contributed by atoms with E-state index in [1.807, 2.05) is 0 Å². The third kappa shape index (κ3) is 7.90. The molecule has 0 amide bonds. The van der Waals surface area contributed by atoms with Gasteiger partial charge in [-0.1, -0.05) is 0 Å². The van der Waals surface area contributed by atoms with Crippen molar-refractivity contribution < 1.29 is 57.8 Å². The van der Waals surface area contributed by atoms with E-state index in [2.05, 4.69) is 38.9 Å². The fourth-order valence-electron chi connectivity index (χ4n) is 0.127. The van der Waals surface area contributed by atoms with Crippen LogP contribution in [0.1, 0.15) is 0 Å². The van der Waals surface area contributed by atoms with Crippen molar-refractivity contribution in [2.75, 3.05) is 0 Å². The molecule has 0 fully saturated rings. The van der Waals surface area contributed by atoms with Crippen LogP contribution >= 0.6 is 0 Å². The van der Waals surface area contributed by atoms with Crippen LogP contribution in [0, 0.1) is 0 Å². The van der Waals surface area contributed by atoms with Crippen molar-refractivity contribution in [2.45, 2.75) is 0 Å². The van der Waals surface area contributed by atoms with E-state index in [4.69, 9.17) is 10.5 Å². The Hall–Kier alpha value is -0.450. The Bertz CT molecular complexity index is 171. The molecular formula is H2O12S. The fraction of sp³-hybridized carbons (Fsp3) is 0. The van der Waals surface area contributed by atoms with Crippen LogP contribution in [0.4, 0.5) is 0 Å². The van der Waals surface area contributed by atoms with E-state index in [0.717, 1.165) is 0 Å². The Morgan fingerprint density at radius 3 is 1.46 bits per heavy atom. The molecule has 0 heterocycles. The van der Waals surface area contributed by atoms with Crippen LogP contribution in [0.15, 0.2) is 0 Å². The van der Waals surface area contributed by atoms with Crippen LogP contribution in [0.3, 0.4) is 0 Å². The second-order valence-corrected chi connectivity index (χ2v) is 2.05. The predicted molar refractivity (Wildman–Crippen MR) is 22.9 cm³/mol. The third-order valence-electron chi connectivity index (χ3n) is 0.339. The van der Waals surface area contributed by atoms with Crippen molar-refractivity contribution in [3.8, 4) is 0 Å². The van der Waals surface area contributed by atoms with Crippen molar-refractivity contribution in [1.82, 2.24) is 0 Å². The normalized spacial score (nSPS) is 11.8. The van der Waals surface area contributed by atoms with E-state index in [9.17, 15) is 8.42 Å². The monoisotopic (exact) mass is 226 g/mol. The summed E-state index contributed by atoms with van der Waals surface area (Å²) in [5, 5.41) is 32.8. The predicted octanol–water partition coefficient (Wildman–Crippen LogP) is -1.20. The van der Waals surface area contributed by atoms with Gasteiger partial charge in [-0.3, -0.25) is 0 Å². The molecule has 0 aliphatic carbocycles. The Morgan fingerprint density at radius 1 is 0.769 bits per heavy atom. The molecule has 2 N–H and O–H groups in total. The molecule has 0 rings (SSSR count). The van der Waals surface area contributed by atoms with Gasteiger partial charge < -0.3 is 0 Å². The molecule has 0 saturated carbocycles. The highest BCUT2D eigenvalue weighted by Crippen LogP contribution is 1.98. The average molecular weight is 226 g/mol. The minimum Gasteiger partial charge on any atom is -0.219 e. The lowest BCUT2D eigenvalue weighted by atomic mass is 14.3. The van der Waals surface area contributed by atoms with E-state index in [1.54, 1.807) is 0 Å². The fourth-order valence-corrected chi connectivity index (χ4v) is 0.331. The molecular weight excluding hydrogens is 224 g/mol. The Morgan fingerprint density at radius 2 is 1.15 bits per heavy atom. The SMILES string of the molecule is O=S(=O)(OOOOO)OOOOO. The zero-order valence-corrected chi connectivity index (χ0v) is 6.20. The molecule has 0 aromatic carbocycles. The summed E-state index contributed by atoms with van der Waals surface area (Å²) in [6, 6.07) is 0. The van der Waals surface area contributed by atoms with Gasteiger partial charge in [0.15, 0.2) is 0 Å². The average Bonchev–Trinajstić information content (AvgIpc) is 2.05. The molecule has 0 bridgehead atoms. The van der Waals surface area contributed by atoms with E-state index in [-0.39, 0.29) is 0 Å². The summed E-state index contributed by atoms with van der Waals surface area (Å²) < 4.78 is 26.9. The van der Waals surface area contributed by atoms with Crippen molar-refractivity contribution >= 4 is 10.4 Å². The smallest absolute Gasteiger partial charge is 0.219 e. The van der Waals surface area contributed by atoms with Crippen molar-refractivity contribution in [3.05, 3.63) is 0 Å². The van der Waals surface area contributed by atoms with Gasteiger partial charge in [0.1, 0.15) is 0 Å². The summed E-state index contributed by atoms with van der Waals surface area (Å²) in [4.78, 5) is 0. The molecule has 12 nitrogen and oxygen atoms in total. The van der Waals surface area contributed by atoms with Gasteiger partial charge in [-0.25, -0.2) is 10.5 Å². The summed E-state index contributed by atoms with van der Waals surface area (Å²) in [7, 11) is -4.80. The van der Waals surface area contributed by atoms with Gasteiger partial charge in [-0.15, -0.1) is 0 Å². The largest absolute Gasteiger partial charge is 0.457 e. The van der Waals surface area contributed by atoms with Gasteiger partial charge in [0.2, 0.25) is 0 Å². The molecule has 0 aromatic rings. The second kappa shape index (κ2) is 7.00. The maximum absolute atomic E-state index is 10.3. The van der Waals surface area contributed by atoms with E-state index in [0.29, 0.717) is 0 Å². The van der Waals surface area contributed by atoms with Gasteiger partial charge >= 0.3 is 10.4 Å². The lowest BCUT2D eigenvalue weighted by Crippen LogP contribution is -2.11. The lowest BCUT2D eigenvalue weighted by molar-refractivity contribution is -0.696. The number of hydrogen-bond donors (Lipinski definition) is 2. The quantitative estimate of drug-likeness (QED) is 0.290. The maximum atomic E-state index is 10.3. The Labute approximate surface area is 69.3 Å². The lowest BCUT2D eigenvalue weighted by Gasteiger charge is -1.97. The van der Waals surface area contributed by atoms with Gasteiger partial charge in [0.05, 0.1) is 0 Å². The highest BCUT2D eigenvalue weighted by Gasteiger charge is 2.17. The topological polar surface area (TPSA) is 148 Å². The van der Waals surface area contributed by atoms with Gasteiger partial charge in [0.25, 0.3) is 0 Å². The van der Waals surface area contributed by atoms with Crippen LogP contribution < -0.4 is 0 Å². The standard InChI is InChI=1S/H2O12S/c1-5-7-9-11-13(3,4)12-10-8-6-2/h1-2H. The van der Waals surface area contributed by atoms with Crippen molar-refractivity contribution in [2.24, 2.45) is 0 Å². The number of rotatable bonds is 8. The molecule has 80 valence electrons. The van der Waals surface area contributed by atoms with Crippen molar-refractivity contribution in [1.29, 1.82) is 0 Å². The third-order valence-corrected chi connectivity index (χ3v) is 0.783. The van der Waals surface area contributed by atoms with Crippen LogP contribution in [0.25, 0.3) is 0 Å². The first kappa shape index (κ1) is 12.6. The first-order valence-corrected chi connectivity index (χ1v) is 3.37. The second-order valence-electron chi connectivity index (χ2n) is 0.966. The van der Waals surface area contributed by atoms with E-state index < -0.39 is 10.4 Å². The molecule has 0 saturated heterocycles. The molecule has 0 spiro atoms. The van der Waals surface area contributed by atoms with Crippen molar-refractivity contribution in [3.63, 3.8) is 0 Å². The van der Waals surface area contributed by atoms with Crippen LogP contribution in [0.5, 0.6) is 0 Å². The summed E-state index contributed by atoms with van der Waals surface area (Å²) in [6.07, 6.45) is 0. The van der Waals surface area contributed by atoms with Crippen LogP contribution in [0.2, 0.25) is 0 Å². The summed E-state index contributed by atoms with van der Waals surface area (Å²) in [5.74, 6) is 0. The van der Waals surface area contributed by atoms with E-state index >= 15 is 0 Å². The molecule has 0 aliphatic heterocycles. The van der Waals surface area contributed by atoms with Crippen LogP contribution in [-0.4, -0.2) is 18.9 Å². The molecule has 0 atom stereocenters.